The van der Waals surface area contributed by atoms with E-state index >= 15 is 0 Å². The molecular weight excluding hydrogens is 412 g/mol. The van der Waals surface area contributed by atoms with Gasteiger partial charge in [0.1, 0.15) is 12.4 Å². The Morgan fingerprint density at radius 1 is 1.00 bits per heavy atom. The monoisotopic (exact) mass is 441 g/mol. The Morgan fingerprint density at radius 3 is 2.34 bits per heavy atom. The van der Waals surface area contributed by atoms with Gasteiger partial charge in [0.05, 0.1) is 11.6 Å². The molecule has 1 aliphatic rings. The minimum absolute atomic E-state index is 0. The first kappa shape index (κ1) is 23.8. The van der Waals surface area contributed by atoms with Gasteiger partial charge in [-0.2, -0.15) is 0 Å². The van der Waals surface area contributed by atoms with Crippen molar-refractivity contribution >= 4 is 24.0 Å². The molecule has 160 valence electrons. The largest absolute Gasteiger partial charge is 0.490 e. The van der Waals surface area contributed by atoms with Gasteiger partial charge in [-0.25, -0.2) is 4.39 Å². The summed E-state index contributed by atoms with van der Waals surface area (Å²) in [6, 6.07) is 10.8. The molecule has 0 bridgehead atoms. The van der Waals surface area contributed by atoms with Gasteiger partial charge in [0, 0.05) is 12.6 Å². The molecule has 0 heterocycles. The van der Waals surface area contributed by atoms with E-state index in [0.717, 1.165) is 17.7 Å². The summed E-state index contributed by atoms with van der Waals surface area (Å²) in [7, 11) is 0. The Labute approximate surface area is 184 Å². The van der Waals surface area contributed by atoms with Gasteiger partial charge in [0.25, 0.3) is 0 Å². The lowest BCUT2D eigenvalue weighted by atomic mass is 10.1. The highest BCUT2D eigenvalue weighted by Gasteiger charge is 2.15. The van der Waals surface area contributed by atoms with E-state index in [9.17, 15) is 4.39 Å². The molecule has 3 nitrogen and oxygen atoms in total. The zero-order valence-electron chi connectivity index (χ0n) is 16.9. The molecule has 0 unspecified atom stereocenters. The van der Waals surface area contributed by atoms with Crippen LogP contribution in [-0.4, -0.2) is 12.6 Å². The molecule has 1 fully saturated rings. The predicted octanol–water partition coefficient (Wildman–Crippen LogP) is 6.69. The Balaban J connectivity index is 0.00000300. The maximum Gasteiger partial charge on any atom is 0.180 e. The van der Waals surface area contributed by atoms with Crippen LogP contribution in [0.3, 0.4) is 0 Å². The van der Waals surface area contributed by atoms with Crippen LogP contribution < -0.4 is 14.8 Å². The van der Waals surface area contributed by atoms with E-state index in [2.05, 4.69) is 5.32 Å². The quantitative estimate of drug-likeness (QED) is 0.462. The summed E-state index contributed by atoms with van der Waals surface area (Å²) in [5.74, 6) is 0.920. The normalized spacial score (nSPS) is 14.7. The van der Waals surface area contributed by atoms with Crippen molar-refractivity contribution in [1.29, 1.82) is 0 Å². The van der Waals surface area contributed by atoms with Crippen LogP contribution in [0.25, 0.3) is 0 Å². The van der Waals surface area contributed by atoms with Gasteiger partial charge in [-0.1, -0.05) is 49.4 Å². The predicted molar refractivity (Wildman–Crippen MR) is 119 cm³/mol. The third-order valence-corrected chi connectivity index (χ3v) is 5.40. The van der Waals surface area contributed by atoms with Crippen molar-refractivity contribution in [3.05, 3.63) is 58.4 Å². The van der Waals surface area contributed by atoms with Crippen molar-refractivity contribution in [2.24, 2.45) is 0 Å². The molecule has 0 aromatic heterocycles. The molecule has 29 heavy (non-hydrogen) atoms. The van der Waals surface area contributed by atoms with E-state index in [1.165, 1.54) is 50.7 Å². The Kier molecular flexibility index (Phi) is 10.1. The standard InChI is InChI=1S/C23H29ClFNO2.ClH/c1-2-27-22-14-18(15-26-20-7-5-3-4-6-8-20)13-21(24)23(22)28-16-17-9-11-19(25)12-10-17;/h9-14,20,26H,2-8,15-16H2,1H3;1H. The molecule has 3 rings (SSSR count). The van der Waals surface area contributed by atoms with Crippen LogP contribution in [0.4, 0.5) is 4.39 Å². The number of ether oxygens (including phenoxy) is 2. The van der Waals surface area contributed by atoms with Crippen LogP contribution in [0.15, 0.2) is 36.4 Å². The van der Waals surface area contributed by atoms with Crippen molar-refractivity contribution in [2.45, 2.75) is 64.6 Å². The zero-order valence-corrected chi connectivity index (χ0v) is 18.5. The second-order valence-corrected chi connectivity index (χ2v) is 7.73. The van der Waals surface area contributed by atoms with Crippen molar-refractivity contribution in [2.75, 3.05) is 6.61 Å². The minimum Gasteiger partial charge on any atom is -0.490 e. The molecule has 1 saturated carbocycles. The van der Waals surface area contributed by atoms with Crippen LogP contribution in [0.1, 0.15) is 56.6 Å². The Bertz CT molecular complexity index is 747. The van der Waals surface area contributed by atoms with Gasteiger partial charge in [0.2, 0.25) is 0 Å². The van der Waals surface area contributed by atoms with Crippen LogP contribution in [0.2, 0.25) is 5.02 Å². The molecule has 6 heteroatoms. The average molecular weight is 442 g/mol. The summed E-state index contributed by atoms with van der Waals surface area (Å²) >= 11 is 6.52. The molecule has 2 aromatic carbocycles. The SMILES string of the molecule is CCOc1cc(CNC2CCCCCC2)cc(Cl)c1OCc1ccc(F)cc1.Cl. The molecule has 0 aliphatic heterocycles. The smallest absolute Gasteiger partial charge is 0.180 e. The molecule has 2 aromatic rings. The highest BCUT2D eigenvalue weighted by Crippen LogP contribution is 2.37. The first-order valence-corrected chi connectivity index (χ1v) is 10.6. The lowest BCUT2D eigenvalue weighted by molar-refractivity contribution is 0.269. The van der Waals surface area contributed by atoms with Crippen LogP contribution in [0.5, 0.6) is 11.5 Å². The van der Waals surface area contributed by atoms with Crippen molar-refractivity contribution < 1.29 is 13.9 Å². The average Bonchev–Trinajstić information content (AvgIpc) is 2.96. The van der Waals surface area contributed by atoms with E-state index in [0.29, 0.717) is 35.8 Å². The van der Waals surface area contributed by atoms with Crippen molar-refractivity contribution in [1.82, 2.24) is 5.32 Å². The number of halogens is 3. The maximum absolute atomic E-state index is 13.1. The minimum atomic E-state index is -0.262. The van der Waals surface area contributed by atoms with E-state index in [1.807, 2.05) is 19.1 Å². The molecule has 1 aliphatic carbocycles. The number of rotatable bonds is 8. The van der Waals surface area contributed by atoms with Gasteiger partial charge in [-0.05, 0) is 55.2 Å². The molecule has 0 radical (unpaired) electrons. The fourth-order valence-corrected chi connectivity index (χ4v) is 3.90. The number of nitrogens with one attached hydrogen (secondary N) is 1. The lowest BCUT2D eigenvalue weighted by Gasteiger charge is -2.18. The highest BCUT2D eigenvalue weighted by atomic mass is 35.5. The Hall–Kier alpha value is -1.49. The summed E-state index contributed by atoms with van der Waals surface area (Å²) in [5.41, 5.74) is 1.96. The lowest BCUT2D eigenvalue weighted by Crippen LogP contribution is -2.27. The highest BCUT2D eigenvalue weighted by molar-refractivity contribution is 6.32. The van der Waals surface area contributed by atoms with Crippen LogP contribution >= 0.6 is 24.0 Å². The summed E-state index contributed by atoms with van der Waals surface area (Å²) in [5, 5.41) is 4.20. The fourth-order valence-electron chi connectivity index (χ4n) is 3.61. The van der Waals surface area contributed by atoms with Gasteiger partial charge in [-0.3, -0.25) is 0 Å². The Morgan fingerprint density at radius 2 is 1.69 bits per heavy atom. The first-order valence-electron chi connectivity index (χ1n) is 10.2. The second-order valence-electron chi connectivity index (χ2n) is 7.32. The van der Waals surface area contributed by atoms with Gasteiger partial charge < -0.3 is 14.8 Å². The van der Waals surface area contributed by atoms with Crippen molar-refractivity contribution in [3.8, 4) is 11.5 Å². The summed E-state index contributed by atoms with van der Waals surface area (Å²) in [4.78, 5) is 0. The molecule has 0 spiro atoms. The first-order chi connectivity index (χ1) is 13.7. The second kappa shape index (κ2) is 12.3. The van der Waals surface area contributed by atoms with Gasteiger partial charge >= 0.3 is 0 Å². The molecule has 0 amide bonds. The zero-order chi connectivity index (χ0) is 19.8. The summed E-state index contributed by atoms with van der Waals surface area (Å²) < 4.78 is 24.8. The molecular formula is C23H30Cl2FNO2. The van der Waals surface area contributed by atoms with Crippen molar-refractivity contribution in [3.63, 3.8) is 0 Å². The van der Waals surface area contributed by atoms with Gasteiger partial charge in [0.15, 0.2) is 11.5 Å². The fraction of sp³-hybridized carbons (Fsp3) is 0.478. The molecule has 0 saturated heterocycles. The van der Waals surface area contributed by atoms with E-state index in [1.54, 1.807) is 12.1 Å². The van der Waals surface area contributed by atoms with E-state index in [4.69, 9.17) is 21.1 Å². The van der Waals surface area contributed by atoms with E-state index in [-0.39, 0.29) is 18.2 Å². The summed E-state index contributed by atoms with van der Waals surface area (Å²) in [6.45, 7) is 3.54. The summed E-state index contributed by atoms with van der Waals surface area (Å²) in [6.07, 6.45) is 7.78. The number of hydrogen-bond donors (Lipinski definition) is 1. The van der Waals surface area contributed by atoms with E-state index < -0.39 is 0 Å². The number of benzene rings is 2. The van der Waals surface area contributed by atoms with Crippen LogP contribution in [-0.2, 0) is 13.2 Å². The topological polar surface area (TPSA) is 30.5 Å². The maximum atomic E-state index is 13.1. The third-order valence-electron chi connectivity index (χ3n) is 5.12. The molecule has 1 N–H and O–H groups in total. The number of hydrogen-bond acceptors (Lipinski definition) is 3. The van der Waals surface area contributed by atoms with Gasteiger partial charge in [-0.15, -0.1) is 12.4 Å². The molecule has 0 atom stereocenters. The van der Waals surface area contributed by atoms with Crippen LogP contribution in [0, 0.1) is 5.82 Å². The third kappa shape index (κ3) is 7.36.